The number of hydrogen-bond donors (Lipinski definition) is 2. The second kappa shape index (κ2) is 6.84. The van der Waals surface area contributed by atoms with Gasteiger partial charge in [0, 0.05) is 23.0 Å². The van der Waals surface area contributed by atoms with Crippen LogP contribution in [0.1, 0.15) is 36.0 Å². The molecule has 0 saturated carbocycles. The van der Waals surface area contributed by atoms with E-state index in [9.17, 15) is 9.59 Å². The van der Waals surface area contributed by atoms with Crippen molar-refractivity contribution in [2.45, 2.75) is 44.7 Å². The minimum atomic E-state index is -0.927. The van der Waals surface area contributed by atoms with Crippen molar-refractivity contribution in [3.05, 3.63) is 53.1 Å². The number of ether oxygens (including phenoxy) is 1. The Kier molecular flexibility index (Phi) is 4.36. The van der Waals surface area contributed by atoms with Crippen LogP contribution in [-0.4, -0.2) is 36.4 Å². The molecule has 156 valence electrons. The molecule has 2 N–H and O–H groups in total. The van der Waals surface area contributed by atoms with Crippen LogP contribution in [0.3, 0.4) is 0 Å². The Morgan fingerprint density at radius 1 is 1.23 bits per heavy atom. The van der Waals surface area contributed by atoms with Gasteiger partial charge in [-0.3, -0.25) is 14.5 Å². The van der Waals surface area contributed by atoms with Crippen LogP contribution in [0.4, 0.5) is 11.4 Å². The van der Waals surface area contributed by atoms with Gasteiger partial charge in [-0.05, 0) is 69.5 Å². The Balaban J connectivity index is 1.57. The number of hydrogen-bond acceptors (Lipinski definition) is 4. The highest BCUT2D eigenvalue weighted by molar-refractivity contribution is 6.11. The van der Waals surface area contributed by atoms with Crippen molar-refractivity contribution in [3.63, 3.8) is 0 Å². The highest BCUT2D eigenvalue weighted by Crippen LogP contribution is 2.56. The van der Waals surface area contributed by atoms with E-state index in [4.69, 9.17) is 4.74 Å². The number of nitrogens with one attached hydrogen (secondary N) is 2. The lowest BCUT2D eigenvalue weighted by atomic mass is 9.77. The van der Waals surface area contributed by atoms with Crippen LogP contribution in [0.2, 0.25) is 0 Å². The van der Waals surface area contributed by atoms with Crippen molar-refractivity contribution in [3.8, 4) is 5.75 Å². The molecule has 6 heteroatoms. The standard InChI is InChI=1S/C24H27N3O3/c1-14-11-15(2)21-19(12-14)24(23(29)26-21)20(13-17-5-4-10-27(17)24)22(28)25-16-6-8-18(30-3)9-7-16/h6-9,11-12,17,20H,4-5,10,13H2,1-3H3,(H,25,28)(H,26,29)/t17-,20-,24-/m0/s1. The molecule has 3 aliphatic heterocycles. The normalized spacial score (nSPS) is 27.1. The molecule has 2 saturated heterocycles. The summed E-state index contributed by atoms with van der Waals surface area (Å²) in [5, 5.41) is 6.18. The third kappa shape index (κ3) is 2.59. The third-order valence-corrected chi connectivity index (χ3v) is 6.99. The Hall–Kier alpha value is -2.86. The average molecular weight is 405 g/mol. The van der Waals surface area contributed by atoms with Crippen molar-refractivity contribution in [1.82, 2.24) is 4.90 Å². The second-order valence-corrected chi connectivity index (χ2v) is 8.72. The molecule has 2 aromatic carbocycles. The van der Waals surface area contributed by atoms with Gasteiger partial charge < -0.3 is 15.4 Å². The summed E-state index contributed by atoms with van der Waals surface area (Å²) in [5.41, 5.74) is 3.78. The van der Waals surface area contributed by atoms with Gasteiger partial charge in [0.2, 0.25) is 11.8 Å². The second-order valence-electron chi connectivity index (χ2n) is 8.72. The number of rotatable bonds is 3. The van der Waals surface area contributed by atoms with Crippen molar-refractivity contribution in [2.75, 3.05) is 24.3 Å². The fraction of sp³-hybridized carbons (Fsp3) is 0.417. The molecule has 3 aliphatic rings. The molecule has 0 bridgehead atoms. The zero-order valence-electron chi connectivity index (χ0n) is 17.6. The van der Waals surface area contributed by atoms with Crippen molar-refractivity contribution < 1.29 is 14.3 Å². The van der Waals surface area contributed by atoms with E-state index in [1.165, 1.54) is 0 Å². The van der Waals surface area contributed by atoms with Crippen LogP contribution >= 0.6 is 0 Å². The predicted molar refractivity (Wildman–Crippen MR) is 116 cm³/mol. The van der Waals surface area contributed by atoms with Crippen LogP contribution in [0, 0.1) is 19.8 Å². The summed E-state index contributed by atoms with van der Waals surface area (Å²) in [4.78, 5) is 29.4. The molecule has 0 radical (unpaired) electrons. The molecule has 3 heterocycles. The number of aryl methyl sites for hydroxylation is 2. The number of methoxy groups -OCH3 is 1. The predicted octanol–water partition coefficient (Wildman–Crippen LogP) is 3.58. The number of anilines is 2. The topological polar surface area (TPSA) is 70.7 Å². The molecule has 0 aromatic heterocycles. The molecular weight excluding hydrogens is 378 g/mol. The largest absolute Gasteiger partial charge is 0.497 e. The smallest absolute Gasteiger partial charge is 0.250 e. The maximum Gasteiger partial charge on any atom is 0.250 e. The Morgan fingerprint density at radius 2 is 2.00 bits per heavy atom. The van der Waals surface area contributed by atoms with Crippen molar-refractivity contribution >= 4 is 23.2 Å². The molecule has 2 fully saturated rings. The van der Waals surface area contributed by atoms with E-state index >= 15 is 0 Å². The number of nitrogens with zero attached hydrogens (tertiary/aromatic N) is 1. The van der Waals surface area contributed by atoms with Crippen LogP contribution in [0.25, 0.3) is 0 Å². The molecular formula is C24H27N3O3. The van der Waals surface area contributed by atoms with E-state index in [1.807, 2.05) is 38.1 Å². The lowest BCUT2D eigenvalue weighted by Crippen LogP contribution is -2.53. The maximum absolute atomic E-state index is 13.6. The van der Waals surface area contributed by atoms with Gasteiger partial charge in [0.05, 0.1) is 13.0 Å². The molecule has 2 aromatic rings. The van der Waals surface area contributed by atoms with E-state index in [0.29, 0.717) is 12.1 Å². The van der Waals surface area contributed by atoms with E-state index in [0.717, 1.165) is 47.5 Å². The summed E-state index contributed by atoms with van der Waals surface area (Å²) in [7, 11) is 1.61. The lowest BCUT2D eigenvalue weighted by molar-refractivity contribution is -0.135. The monoisotopic (exact) mass is 405 g/mol. The van der Waals surface area contributed by atoms with Crippen molar-refractivity contribution in [1.29, 1.82) is 0 Å². The van der Waals surface area contributed by atoms with Gasteiger partial charge in [0.15, 0.2) is 0 Å². The first-order valence-electron chi connectivity index (χ1n) is 10.6. The molecule has 30 heavy (non-hydrogen) atoms. The third-order valence-electron chi connectivity index (χ3n) is 6.99. The summed E-state index contributed by atoms with van der Waals surface area (Å²) < 4.78 is 5.20. The van der Waals surface area contributed by atoms with Crippen LogP contribution in [0.15, 0.2) is 36.4 Å². The quantitative estimate of drug-likeness (QED) is 0.819. The van der Waals surface area contributed by atoms with Crippen LogP contribution in [-0.2, 0) is 15.1 Å². The zero-order chi connectivity index (χ0) is 21.0. The Labute approximate surface area is 176 Å². The Morgan fingerprint density at radius 3 is 2.73 bits per heavy atom. The number of fused-ring (bicyclic) bond motifs is 4. The first-order chi connectivity index (χ1) is 14.4. The SMILES string of the molecule is COc1ccc(NC(=O)[C@@H]2C[C@@H]3CCCN3[C@]23C(=O)Nc2c(C)cc(C)cc23)cc1. The summed E-state index contributed by atoms with van der Waals surface area (Å²) in [6.45, 7) is 4.91. The number of carbonyl (C=O) groups is 2. The number of carbonyl (C=O) groups excluding carboxylic acids is 2. The van der Waals surface area contributed by atoms with Crippen molar-refractivity contribution in [2.24, 2.45) is 5.92 Å². The van der Waals surface area contributed by atoms with Gasteiger partial charge in [0.1, 0.15) is 11.3 Å². The zero-order valence-corrected chi connectivity index (χ0v) is 17.6. The molecule has 0 unspecified atom stereocenters. The summed E-state index contributed by atoms with van der Waals surface area (Å²) in [5.74, 6) is 0.135. The van der Waals surface area contributed by atoms with Crippen LogP contribution in [0.5, 0.6) is 5.75 Å². The molecule has 5 rings (SSSR count). The van der Waals surface area contributed by atoms with Gasteiger partial charge in [-0.25, -0.2) is 0 Å². The molecule has 3 atom stereocenters. The molecule has 1 spiro atoms. The van der Waals surface area contributed by atoms with E-state index in [-0.39, 0.29) is 17.9 Å². The highest BCUT2D eigenvalue weighted by Gasteiger charge is 2.65. The van der Waals surface area contributed by atoms with E-state index in [2.05, 4.69) is 27.7 Å². The van der Waals surface area contributed by atoms with Gasteiger partial charge in [-0.1, -0.05) is 17.7 Å². The number of amides is 2. The summed E-state index contributed by atoms with van der Waals surface area (Å²) >= 11 is 0. The molecule has 2 amide bonds. The summed E-state index contributed by atoms with van der Waals surface area (Å²) in [6.07, 6.45) is 2.79. The molecule has 0 aliphatic carbocycles. The first-order valence-corrected chi connectivity index (χ1v) is 10.6. The van der Waals surface area contributed by atoms with Gasteiger partial charge in [-0.15, -0.1) is 0 Å². The lowest BCUT2D eigenvalue weighted by Gasteiger charge is -2.36. The maximum atomic E-state index is 13.6. The van der Waals surface area contributed by atoms with Gasteiger partial charge in [0.25, 0.3) is 0 Å². The first kappa shape index (κ1) is 19.1. The van der Waals surface area contributed by atoms with Crippen LogP contribution < -0.4 is 15.4 Å². The summed E-state index contributed by atoms with van der Waals surface area (Å²) in [6, 6.07) is 11.7. The molecule has 6 nitrogen and oxygen atoms in total. The fourth-order valence-electron chi connectivity index (χ4n) is 5.78. The fourth-order valence-corrected chi connectivity index (χ4v) is 5.78. The van der Waals surface area contributed by atoms with Gasteiger partial charge >= 0.3 is 0 Å². The number of benzene rings is 2. The highest BCUT2D eigenvalue weighted by atomic mass is 16.5. The van der Waals surface area contributed by atoms with E-state index in [1.54, 1.807) is 7.11 Å². The minimum Gasteiger partial charge on any atom is -0.497 e. The minimum absolute atomic E-state index is 0.0644. The van der Waals surface area contributed by atoms with Gasteiger partial charge in [-0.2, -0.15) is 0 Å². The van der Waals surface area contributed by atoms with E-state index < -0.39 is 11.5 Å². The average Bonchev–Trinajstić information content (AvgIpc) is 3.38. The Bertz CT molecular complexity index is 1030.